The van der Waals surface area contributed by atoms with Crippen molar-refractivity contribution in [1.29, 1.82) is 0 Å². The van der Waals surface area contributed by atoms with E-state index in [0.29, 0.717) is 5.52 Å². The molecule has 0 bridgehead atoms. The van der Waals surface area contributed by atoms with E-state index in [1.165, 1.54) is 5.56 Å². The lowest BCUT2D eigenvalue weighted by Crippen LogP contribution is -2.09. The van der Waals surface area contributed by atoms with Crippen LogP contribution in [0.4, 0.5) is 0 Å². The van der Waals surface area contributed by atoms with Gasteiger partial charge in [-0.3, -0.25) is 9.59 Å². The topological polar surface area (TPSA) is 76.5 Å². The van der Waals surface area contributed by atoms with Gasteiger partial charge in [0, 0.05) is 11.8 Å². The van der Waals surface area contributed by atoms with Crippen LogP contribution in [0, 0.1) is 0 Å². The molecule has 5 heteroatoms. The minimum atomic E-state index is -0.431. The average molecular weight is 377 g/mol. The highest BCUT2D eigenvalue weighted by Gasteiger charge is 2.16. The smallest absolute Gasteiger partial charge is 0.306 e. The molecule has 0 aliphatic heterocycles. The van der Waals surface area contributed by atoms with Crippen molar-refractivity contribution in [2.45, 2.75) is 32.6 Å². The second kappa shape index (κ2) is 9.13. The van der Waals surface area contributed by atoms with E-state index in [0.717, 1.165) is 23.8 Å². The summed E-state index contributed by atoms with van der Waals surface area (Å²) < 4.78 is 4.83. The lowest BCUT2D eigenvalue weighted by molar-refractivity contribution is -0.143. The summed E-state index contributed by atoms with van der Waals surface area (Å²) in [5.41, 5.74) is 3.02. The van der Waals surface area contributed by atoms with Crippen LogP contribution in [0.25, 0.3) is 10.9 Å². The summed E-state index contributed by atoms with van der Waals surface area (Å²) in [5, 5.41) is 10.9. The number of carbonyl (C=O) groups is 2. The van der Waals surface area contributed by atoms with E-state index in [2.05, 4.69) is 17.1 Å². The zero-order valence-corrected chi connectivity index (χ0v) is 15.9. The SMILES string of the molecule is CCOC(=O)CCC(=O)c1nc2cc(CCc3ccccc3)ccc2cc1O. The van der Waals surface area contributed by atoms with E-state index >= 15 is 0 Å². The molecule has 0 aliphatic carbocycles. The molecule has 0 saturated carbocycles. The first-order valence-corrected chi connectivity index (χ1v) is 9.42. The van der Waals surface area contributed by atoms with Crippen molar-refractivity contribution in [3.63, 3.8) is 0 Å². The predicted octanol–water partition coefficient (Wildman–Crippen LogP) is 4.25. The molecule has 5 nitrogen and oxygen atoms in total. The molecule has 0 radical (unpaired) electrons. The molecule has 1 N–H and O–H groups in total. The molecule has 0 atom stereocenters. The van der Waals surface area contributed by atoms with Crippen LogP contribution in [-0.2, 0) is 22.4 Å². The average Bonchev–Trinajstić information content (AvgIpc) is 2.71. The maximum atomic E-state index is 12.4. The first kappa shape index (κ1) is 19.5. The Hall–Kier alpha value is -3.21. The number of ether oxygens (including phenoxy) is 1. The van der Waals surface area contributed by atoms with Gasteiger partial charge in [0.25, 0.3) is 0 Å². The zero-order chi connectivity index (χ0) is 19.9. The molecule has 3 rings (SSSR count). The largest absolute Gasteiger partial charge is 0.506 e. The van der Waals surface area contributed by atoms with Gasteiger partial charge in [-0.25, -0.2) is 4.98 Å². The minimum absolute atomic E-state index is 0.00277. The molecule has 1 heterocycles. The predicted molar refractivity (Wildman–Crippen MR) is 107 cm³/mol. The minimum Gasteiger partial charge on any atom is -0.506 e. The van der Waals surface area contributed by atoms with Crippen molar-refractivity contribution in [1.82, 2.24) is 4.98 Å². The van der Waals surface area contributed by atoms with Crippen LogP contribution < -0.4 is 0 Å². The van der Waals surface area contributed by atoms with Crippen LogP contribution in [-0.4, -0.2) is 28.4 Å². The number of nitrogens with zero attached hydrogens (tertiary/aromatic N) is 1. The van der Waals surface area contributed by atoms with E-state index in [-0.39, 0.29) is 36.7 Å². The summed E-state index contributed by atoms with van der Waals surface area (Å²) in [4.78, 5) is 28.2. The summed E-state index contributed by atoms with van der Waals surface area (Å²) in [5.74, 6) is -0.972. The first-order valence-electron chi connectivity index (χ1n) is 9.42. The zero-order valence-electron chi connectivity index (χ0n) is 15.9. The Bertz CT molecular complexity index is 983. The second-order valence-corrected chi connectivity index (χ2v) is 6.60. The Labute approximate surface area is 164 Å². The maximum Gasteiger partial charge on any atom is 0.306 e. The number of rotatable bonds is 8. The second-order valence-electron chi connectivity index (χ2n) is 6.60. The lowest BCUT2D eigenvalue weighted by atomic mass is 10.0. The molecular weight excluding hydrogens is 354 g/mol. The molecule has 0 unspecified atom stereocenters. The Morgan fingerprint density at radius 1 is 0.964 bits per heavy atom. The number of carbonyl (C=O) groups excluding carboxylic acids is 2. The molecule has 3 aromatic rings. The highest BCUT2D eigenvalue weighted by atomic mass is 16.5. The van der Waals surface area contributed by atoms with Crippen LogP contribution in [0.3, 0.4) is 0 Å². The van der Waals surface area contributed by atoms with E-state index < -0.39 is 5.97 Å². The summed E-state index contributed by atoms with van der Waals surface area (Å²) in [6.07, 6.45) is 1.70. The number of fused-ring (bicyclic) bond motifs is 1. The molecule has 144 valence electrons. The summed E-state index contributed by atoms with van der Waals surface area (Å²) >= 11 is 0. The molecule has 0 amide bonds. The number of ketones is 1. The van der Waals surface area contributed by atoms with Crippen LogP contribution in [0.2, 0.25) is 0 Å². The van der Waals surface area contributed by atoms with Gasteiger partial charge in [-0.15, -0.1) is 0 Å². The fourth-order valence-corrected chi connectivity index (χ4v) is 3.06. The number of Topliss-reactive ketones (excluding diaryl/α,β-unsaturated/α-hetero) is 1. The molecule has 28 heavy (non-hydrogen) atoms. The summed E-state index contributed by atoms with van der Waals surface area (Å²) in [6.45, 7) is 1.99. The lowest BCUT2D eigenvalue weighted by Gasteiger charge is -2.08. The monoisotopic (exact) mass is 377 g/mol. The van der Waals surface area contributed by atoms with Crippen LogP contribution in [0.15, 0.2) is 54.6 Å². The number of aryl methyl sites for hydroxylation is 2. The van der Waals surface area contributed by atoms with Crippen molar-refractivity contribution >= 4 is 22.7 Å². The van der Waals surface area contributed by atoms with Gasteiger partial charge in [-0.2, -0.15) is 0 Å². The normalized spacial score (nSPS) is 10.8. The van der Waals surface area contributed by atoms with E-state index in [1.807, 2.05) is 36.4 Å². The van der Waals surface area contributed by atoms with Crippen LogP contribution in [0.1, 0.15) is 41.4 Å². The number of hydrogen-bond donors (Lipinski definition) is 1. The third-order valence-electron chi connectivity index (χ3n) is 4.53. The van der Waals surface area contributed by atoms with Gasteiger partial charge in [0.15, 0.2) is 5.78 Å². The molecule has 0 saturated heterocycles. The van der Waals surface area contributed by atoms with Crippen molar-refractivity contribution < 1.29 is 19.4 Å². The van der Waals surface area contributed by atoms with E-state index in [9.17, 15) is 14.7 Å². The number of esters is 1. The van der Waals surface area contributed by atoms with Gasteiger partial charge in [0.1, 0.15) is 11.4 Å². The third kappa shape index (κ3) is 4.94. The number of aromatic nitrogens is 1. The molecule has 0 aliphatic rings. The number of benzene rings is 2. The van der Waals surface area contributed by atoms with Gasteiger partial charge >= 0.3 is 5.97 Å². The number of hydrogen-bond acceptors (Lipinski definition) is 5. The quantitative estimate of drug-likeness (QED) is 0.469. The van der Waals surface area contributed by atoms with Crippen molar-refractivity contribution in [2.75, 3.05) is 6.61 Å². The van der Waals surface area contributed by atoms with Gasteiger partial charge in [0.05, 0.1) is 18.5 Å². The van der Waals surface area contributed by atoms with Gasteiger partial charge < -0.3 is 9.84 Å². The Morgan fingerprint density at radius 2 is 1.71 bits per heavy atom. The van der Waals surface area contributed by atoms with Crippen LogP contribution in [0.5, 0.6) is 5.75 Å². The molecule has 0 spiro atoms. The third-order valence-corrected chi connectivity index (χ3v) is 4.53. The Balaban J connectivity index is 1.76. The number of aromatic hydroxyl groups is 1. The van der Waals surface area contributed by atoms with E-state index in [4.69, 9.17) is 4.74 Å². The van der Waals surface area contributed by atoms with Crippen molar-refractivity contribution in [2.24, 2.45) is 0 Å². The van der Waals surface area contributed by atoms with Crippen molar-refractivity contribution in [3.05, 3.63) is 71.4 Å². The first-order chi connectivity index (χ1) is 13.6. The summed E-state index contributed by atoms with van der Waals surface area (Å²) in [7, 11) is 0. The summed E-state index contributed by atoms with van der Waals surface area (Å²) in [6, 6.07) is 17.6. The highest BCUT2D eigenvalue weighted by molar-refractivity contribution is 6.00. The molecule has 0 fully saturated rings. The number of pyridine rings is 1. The highest BCUT2D eigenvalue weighted by Crippen LogP contribution is 2.24. The Morgan fingerprint density at radius 3 is 2.46 bits per heavy atom. The van der Waals surface area contributed by atoms with Crippen LogP contribution >= 0.6 is 0 Å². The molecule has 2 aromatic carbocycles. The molecular formula is C23H23NO4. The van der Waals surface area contributed by atoms with Gasteiger partial charge in [-0.1, -0.05) is 42.5 Å². The molecule has 1 aromatic heterocycles. The van der Waals surface area contributed by atoms with Crippen molar-refractivity contribution in [3.8, 4) is 5.75 Å². The fraction of sp³-hybridized carbons (Fsp3) is 0.261. The maximum absolute atomic E-state index is 12.4. The van der Waals surface area contributed by atoms with Gasteiger partial charge in [-0.05, 0) is 43.0 Å². The van der Waals surface area contributed by atoms with E-state index in [1.54, 1.807) is 13.0 Å². The standard InChI is InChI=1S/C23H23NO4/c1-2-28-22(27)13-12-20(25)23-21(26)15-18-11-10-17(14-19(18)24-23)9-8-16-6-4-3-5-7-16/h3-7,10-11,14-15,26H,2,8-9,12-13H2,1H3. The Kier molecular flexibility index (Phi) is 6.37. The van der Waals surface area contributed by atoms with Gasteiger partial charge in [0.2, 0.25) is 0 Å². The fourth-order valence-electron chi connectivity index (χ4n) is 3.06.